The second-order valence-corrected chi connectivity index (χ2v) is 5.54. The minimum absolute atomic E-state index is 0.541. The van der Waals surface area contributed by atoms with E-state index >= 15 is 0 Å². The van der Waals surface area contributed by atoms with E-state index in [9.17, 15) is 0 Å². The van der Waals surface area contributed by atoms with Crippen LogP contribution in [-0.4, -0.2) is 22.5 Å². The zero-order chi connectivity index (χ0) is 12.1. The SMILES string of the molecule is CSC1CCC(Nc2ccc(C#N)cn2)CC1. The van der Waals surface area contributed by atoms with Gasteiger partial charge in [0.25, 0.3) is 0 Å². The van der Waals surface area contributed by atoms with Crippen molar-refractivity contribution in [2.45, 2.75) is 37.0 Å². The van der Waals surface area contributed by atoms with Gasteiger partial charge < -0.3 is 5.32 Å². The molecule has 0 saturated heterocycles. The van der Waals surface area contributed by atoms with Gasteiger partial charge in [-0.1, -0.05) is 0 Å². The maximum Gasteiger partial charge on any atom is 0.126 e. The molecule has 2 rings (SSSR count). The van der Waals surface area contributed by atoms with Crippen molar-refractivity contribution in [1.29, 1.82) is 5.26 Å². The van der Waals surface area contributed by atoms with Crippen LogP contribution in [0.2, 0.25) is 0 Å². The molecule has 1 aromatic rings. The lowest BCUT2D eigenvalue weighted by Crippen LogP contribution is -2.27. The van der Waals surface area contributed by atoms with E-state index in [0.29, 0.717) is 11.6 Å². The monoisotopic (exact) mass is 247 g/mol. The molecule has 0 atom stereocenters. The largest absolute Gasteiger partial charge is 0.367 e. The predicted octanol–water partition coefficient (Wildman–Crippen LogP) is 3.04. The molecule has 0 radical (unpaired) electrons. The van der Waals surface area contributed by atoms with Crippen LogP contribution in [0, 0.1) is 11.3 Å². The molecular weight excluding hydrogens is 230 g/mol. The molecule has 1 N–H and O–H groups in total. The summed E-state index contributed by atoms with van der Waals surface area (Å²) in [5, 5.41) is 13.0. The molecule has 0 unspecified atom stereocenters. The summed E-state index contributed by atoms with van der Waals surface area (Å²) in [5.74, 6) is 0.886. The van der Waals surface area contributed by atoms with Gasteiger partial charge in [-0.05, 0) is 44.1 Å². The van der Waals surface area contributed by atoms with Crippen LogP contribution in [0.4, 0.5) is 5.82 Å². The minimum atomic E-state index is 0.541. The van der Waals surface area contributed by atoms with Gasteiger partial charge >= 0.3 is 0 Å². The third kappa shape index (κ3) is 3.37. The van der Waals surface area contributed by atoms with Gasteiger partial charge in [-0.2, -0.15) is 17.0 Å². The summed E-state index contributed by atoms with van der Waals surface area (Å²) in [7, 11) is 0. The van der Waals surface area contributed by atoms with Gasteiger partial charge in [-0.15, -0.1) is 0 Å². The van der Waals surface area contributed by atoms with E-state index < -0.39 is 0 Å². The van der Waals surface area contributed by atoms with Crippen LogP contribution in [0.1, 0.15) is 31.2 Å². The third-order valence-electron chi connectivity index (χ3n) is 3.25. The van der Waals surface area contributed by atoms with Crippen molar-refractivity contribution in [3.8, 4) is 6.07 Å². The standard InChI is InChI=1S/C13H17N3S/c1-17-12-5-3-11(4-6-12)16-13-7-2-10(8-14)9-15-13/h2,7,9,11-12H,3-6H2,1H3,(H,15,16). The molecule has 3 nitrogen and oxygen atoms in total. The first-order valence-electron chi connectivity index (χ1n) is 5.97. The molecule has 1 heterocycles. The average molecular weight is 247 g/mol. The number of aromatic nitrogens is 1. The van der Waals surface area contributed by atoms with Crippen molar-refractivity contribution in [1.82, 2.24) is 4.98 Å². The molecule has 4 heteroatoms. The van der Waals surface area contributed by atoms with Crippen LogP contribution in [-0.2, 0) is 0 Å². The van der Waals surface area contributed by atoms with Gasteiger partial charge in [0.1, 0.15) is 11.9 Å². The first kappa shape index (κ1) is 12.3. The molecule has 0 amide bonds. The Hall–Kier alpha value is -1.21. The highest BCUT2D eigenvalue weighted by Crippen LogP contribution is 2.28. The molecule has 1 aromatic heterocycles. The fourth-order valence-corrected chi connectivity index (χ4v) is 2.94. The Morgan fingerprint density at radius 3 is 2.65 bits per heavy atom. The summed E-state index contributed by atoms with van der Waals surface area (Å²) in [6.45, 7) is 0. The Morgan fingerprint density at radius 2 is 2.12 bits per heavy atom. The van der Waals surface area contributed by atoms with E-state index in [1.165, 1.54) is 25.7 Å². The number of rotatable bonds is 3. The summed E-state index contributed by atoms with van der Waals surface area (Å²) < 4.78 is 0. The maximum atomic E-state index is 8.69. The van der Waals surface area contributed by atoms with Crippen molar-refractivity contribution in [2.75, 3.05) is 11.6 Å². The molecule has 1 aliphatic rings. The van der Waals surface area contributed by atoms with Gasteiger partial charge in [0.05, 0.1) is 5.56 Å². The lowest BCUT2D eigenvalue weighted by Gasteiger charge is -2.28. The van der Waals surface area contributed by atoms with Crippen molar-refractivity contribution in [3.63, 3.8) is 0 Å². The van der Waals surface area contributed by atoms with Crippen LogP contribution in [0.15, 0.2) is 18.3 Å². The van der Waals surface area contributed by atoms with Gasteiger partial charge in [0, 0.05) is 17.5 Å². The summed E-state index contributed by atoms with van der Waals surface area (Å²) >= 11 is 1.98. The lowest BCUT2D eigenvalue weighted by molar-refractivity contribution is 0.472. The van der Waals surface area contributed by atoms with E-state index in [1.807, 2.05) is 23.9 Å². The van der Waals surface area contributed by atoms with E-state index in [2.05, 4.69) is 22.6 Å². The summed E-state index contributed by atoms with van der Waals surface area (Å²) in [4.78, 5) is 4.24. The van der Waals surface area contributed by atoms with Crippen molar-refractivity contribution in [2.24, 2.45) is 0 Å². The van der Waals surface area contributed by atoms with E-state index in [-0.39, 0.29) is 0 Å². The number of pyridine rings is 1. The number of thioether (sulfide) groups is 1. The quantitative estimate of drug-likeness (QED) is 0.892. The highest BCUT2D eigenvalue weighted by molar-refractivity contribution is 7.99. The molecule has 1 saturated carbocycles. The van der Waals surface area contributed by atoms with Gasteiger partial charge in [-0.25, -0.2) is 4.98 Å². The fourth-order valence-electron chi connectivity index (χ4n) is 2.20. The van der Waals surface area contributed by atoms with E-state index in [4.69, 9.17) is 5.26 Å². The van der Waals surface area contributed by atoms with Crippen molar-refractivity contribution in [3.05, 3.63) is 23.9 Å². The van der Waals surface area contributed by atoms with Crippen LogP contribution in [0.5, 0.6) is 0 Å². The average Bonchev–Trinajstić information content (AvgIpc) is 2.40. The Kier molecular flexibility index (Phi) is 4.27. The van der Waals surface area contributed by atoms with Gasteiger partial charge in [-0.3, -0.25) is 0 Å². The number of hydrogen-bond donors (Lipinski definition) is 1. The maximum absolute atomic E-state index is 8.69. The molecule has 0 aromatic carbocycles. The minimum Gasteiger partial charge on any atom is -0.367 e. The number of anilines is 1. The Labute approximate surface area is 107 Å². The first-order chi connectivity index (χ1) is 8.31. The number of nitrogens with zero attached hydrogens (tertiary/aromatic N) is 2. The molecule has 1 fully saturated rings. The third-order valence-corrected chi connectivity index (χ3v) is 4.39. The number of hydrogen-bond acceptors (Lipinski definition) is 4. The molecule has 90 valence electrons. The fraction of sp³-hybridized carbons (Fsp3) is 0.538. The zero-order valence-electron chi connectivity index (χ0n) is 10.0. The topological polar surface area (TPSA) is 48.7 Å². The molecular formula is C13H17N3S. The Bertz CT molecular complexity index is 388. The Balaban J connectivity index is 1.87. The highest BCUT2D eigenvalue weighted by Gasteiger charge is 2.20. The summed E-state index contributed by atoms with van der Waals surface area (Å²) in [6.07, 6.45) is 8.82. The summed E-state index contributed by atoms with van der Waals surface area (Å²) in [5.41, 5.74) is 0.613. The zero-order valence-corrected chi connectivity index (χ0v) is 10.8. The van der Waals surface area contributed by atoms with Crippen LogP contribution < -0.4 is 5.32 Å². The van der Waals surface area contributed by atoms with Gasteiger partial charge in [0.15, 0.2) is 0 Å². The second-order valence-electron chi connectivity index (χ2n) is 4.40. The van der Waals surface area contributed by atoms with Gasteiger partial charge in [0.2, 0.25) is 0 Å². The number of nitriles is 1. The molecule has 1 aliphatic carbocycles. The van der Waals surface area contributed by atoms with E-state index in [1.54, 1.807) is 6.20 Å². The summed E-state index contributed by atoms with van der Waals surface area (Å²) in [6, 6.07) is 6.32. The van der Waals surface area contributed by atoms with Crippen LogP contribution >= 0.6 is 11.8 Å². The van der Waals surface area contributed by atoms with Crippen molar-refractivity contribution >= 4 is 17.6 Å². The predicted molar refractivity (Wildman–Crippen MR) is 72.1 cm³/mol. The lowest BCUT2D eigenvalue weighted by atomic mass is 9.95. The molecule has 0 spiro atoms. The molecule has 0 bridgehead atoms. The smallest absolute Gasteiger partial charge is 0.126 e. The molecule has 17 heavy (non-hydrogen) atoms. The van der Waals surface area contributed by atoms with Crippen LogP contribution in [0.3, 0.4) is 0 Å². The van der Waals surface area contributed by atoms with Crippen LogP contribution in [0.25, 0.3) is 0 Å². The Morgan fingerprint density at radius 1 is 1.35 bits per heavy atom. The highest BCUT2D eigenvalue weighted by atomic mass is 32.2. The molecule has 0 aliphatic heterocycles. The normalized spacial score (nSPS) is 24.0. The first-order valence-corrected chi connectivity index (χ1v) is 7.26. The van der Waals surface area contributed by atoms with E-state index in [0.717, 1.165) is 11.1 Å². The number of nitrogens with one attached hydrogen (secondary N) is 1. The second kappa shape index (κ2) is 5.92. The van der Waals surface area contributed by atoms with Crippen molar-refractivity contribution < 1.29 is 0 Å².